The highest BCUT2D eigenvalue weighted by Crippen LogP contribution is 2.20. The second kappa shape index (κ2) is 7.74. The molecule has 21 heavy (non-hydrogen) atoms. The molecule has 2 aromatic rings. The van der Waals surface area contributed by atoms with Gasteiger partial charge < -0.3 is 10.1 Å². The lowest BCUT2D eigenvalue weighted by Gasteiger charge is -2.19. The number of nitrogens with one attached hydrogen (secondary N) is 1. The molecule has 0 aliphatic heterocycles. The van der Waals surface area contributed by atoms with Crippen LogP contribution in [0.4, 0.5) is 8.78 Å². The van der Waals surface area contributed by atoms with Crippen molar-refractivity contribution in [2.24, 2.45) is 0 Å². The first kappa shape index (κ1) is 15.4. The van der Waals surface area contributed by atoms with Gasteiger partial charge in [0.15, 0.2) is 11.6 Å². The molecule has 0 bridgehead atoms. The van der Waals surface area contributed by atoms with Gasteiger partial charge in [0, 0.05) is 6.07 Å². The second-order valence-electron chi connectivity index (χ2n) is 4.80. The van der Waals surface area contributed by atoms with Gasteiger partial charge in [-0.25, -0.2) is 8.78 Å². The molecule has 0 aromatic heterocycles. The first-order valence-electron chi connectivity index (χ1n) is 7.07. The van der Waals surface area contributed by atoms with Crippen LogP contribution in [0.3, 0.4) is 0 Å². The Morgan fingerprint density at radius 3 is 2.52 bits per heavy atom. The number of benzene rings is 2. The van der Waals surface area contributed by atoms with E-state index in [0.29, 0.717) is 0 Å². The molecule has 0 fully saturated rings. The van der Waals surface area contributed by atoms with Crippen LogP contribution in [0.25, 0.3) is 0 Å². The third kappa shape index (κ3) is 4.53. The Hall–Kier alpha value is -1.94. The minimum absolute atomic E-state index is 0.0318. The minimum atomic E-state index is -0.683. The first-order chi connectivity index (χ1) is 10.2. The van der Waals surface area contributed by atoms with E-state index >= 15 is 0 Å². The predicted molar refractivity (Wildman–Crippen MR) is 79.3 cm³/mol. The number of hydrogen-bond donors (Lipinski definition) is 1. The van der Waals surface area contributed by atoms with E-state index in [2.05, 4.69) is 12.2 Å². The van der Waals surface area contributed by atoms with E-state index in [1.54, 1.807) is 0 Å². The van der Waals surface area contributed by atoms with Crippen LogP contribution >= 0.6 is 0 Å². The van der Waals surface area contributed by atoms with E-state index in [1.807, 2.05) is 30.3 Å². The van der Waals surface area contributed by atoms with Gasteiger partial charge in [0.25, 0.3) is 0 Å². The molecule has 1 atom stereocenters. The zero-order valence-electron chi connectivity index (χ0n) is 12.0. The van der Waals surface area contributed by atoms with E-state index in [9.17, 15) is 8.78 Å². The summed E-state index contributed by atoms with van der Waals surface area (Å²) in [7, 11) is 0. The summed E-state index contributed by atoms with van der Waals surface area (Å²) >= 11 is 0. The highest BCUT2D eigenvalue weighted by atomic mass is 19.1. The zero-order valence-corrected chi connectivity index (χ0v) is 12.0. The third-order valence-corrected chi connectivity index (χ3v) is 3.14. The van der Waals surface area contributed by atoms with Crippen molar-refractivity contribution in [3.8, 4) is 5.75 Å². The summed E-state index contributed by atoms with van der Waals surface area (Å²) < 4.78 is 31.9. The number of ether oxygens (including phenoxy) is 1. The Kier molecular flexibility index (Phi) is 5.69. The van der Waals surface area contributed by atoms with Gasteiger partial charge in [-0.05, 0) is 30.7 Å². The fourth-order valence-corrected chi connectivity index (χ4v) is 2.04. The van der Waals surface area contributed by atoms with Crippen LogP contribution in [-0.4, -0.2) is 13.2 Å². The van der Waals surface area contributed by atoms with Crippen molar-refractivity contribution in [2.75, 3.05) is 13.2 Å². The van der Waals surface area contributed by atoms with Crippen molar-refractivity contribution in [3.05, 3.63) is 65.7 Å². The van der Waals surface area contributed by atoms with Gasteiger partial charge in [-0.15, -0.1) is 0 Å². The summed E-state index contributed by atoms with van der Waals surface area (Å²) in [5, 5.41) is 3.37. The number of halogens is 2. The topological polar surface area (TPSA) is 21.3 Å². The molecular weight excluding hydrogens is 272 g/mol. The monoisotopic (exact) mass is 291 g/mol. The second-order valence-corrected chi connectivity index (χ2v) is 4.80. The van der Waals surface area contributed by atoms with Gasteiger partial charge >= 0.3 is 0 Å². The Morgan fingerprint density at radius 2 is 1.86 bits per heavy atom. The lowest BCUT2D eigenvalue weighted by Crippen LogP contribution is -2.27. The van der Waals surface area contributed by atoms with Crippen LogP contribution in [0.5, 0.6) is 5.75 Å². The fraction of sp³-hybridized carbons (Fsp3) is 0.294. The van der Waals surface area contributed by atoms with Crippen LogP contribution in [-0.2, 0) is 0 Å². The molecule has 0 saturated carbocycles. The molecule has 2 rings (SSSR count). The molecule has 0 aliphatic carbocycles. The van der Waals surface area contributed by atoms with E-state index in [4.69, 9.17) is 4.74 Å². The largest absolute Gasteiger partial charge is 0.489 e. The van der Waals surface area contributed by atoms with Crippen molar-refractivity contribution >= 4 is 0 Å². The first-order valence-corrected chi connectivity index (χ1v) is 7.07. The van der Waals surface area contributed by atoms with Gasteiger partial charge in [-0.1, -0.05) is 37.3 Å². The average Bonchev–Trinajstić information content (AvgIpc) is 2.50. The highest BCUT2D eigenvalue weighted by molar-refractivity contribution is 5.25. The maximum Gasteiger partial charge on any atom is 0.167 e. The van der Waals surface area contributed by atoms with Crippen molar-refractivity contribution in [2.45, 2.75) is 19.4 Å². The van der Waals surface area contributed by atoms with E-state index in [0.717, 1.165) is 24.6 Å². The Labute approximate surface area is 123 Å². The molecule has 0 radical (unpaired) electrons. The Bertz CT molecular complexity index is 560. The molecule has 1 unspecified atom stereocenters. The summed E-state index contributed by atoms with van der Waals surface area (Å²) in [6.45, 7) is 3.21. The summed E-state index contributed by atoms with van der Waals surface area (Å²) in [4.78, 5) is 0. The molecular formula is C17H19F2NO. The van der Waals surface area contributed by atoms with E-state index in [1.165, 1.54) is 12.1 Å². The van der Waals surface area contributed by atoms with Gasteiger partial charge in [0.1, 0.15) is 12.4 Å². The molecule has 0 spiro atoms. The molecule has 0 heterocycles. The molecule has 112 valence electrons. The van der Waals surface area contributed by atoms with E-state index < -0.39 is 11.6 Å². The zero-order chi connectivity index (χ0) is 15.1. The fourth-order valence-electron chi connectivity index (χ4n) is 2.04. The molecule has 4 heteroatoms. The molecule has 2 aromatic carbocycles. The molecule has 1 N–H and O–H groups in total. The van der Waals surface area contributed by atoms with Crippen molar-refractivity contribution in [1.29, 1.82) is 0 Å². The maximum atomic E-state index is 13.6. The molecule has 0 aliphatic rings. The molecule has 2 nitrogen and oxygen atoms in total. The van der Waals surface area contributed by atoms with Gasteiger partial charge in [0.2, 0.25) is 0 Å². The summed E-state index contributed by atoms with van der Waals surface area (Å²) in [5.41, 5.74) is 1.08. The SMILES string of the molecule is CCCNC(COc1ccc(F)cc1F)c1ccccc1. The Balaban J connectivity index is 2.05. The summed E-state index contributed by atoms with van der Waals surface area (Å²) in [6.07, 6.45) is 0.994. The molecule has 0 saturated heterocycles. The van der Waals surface area contributed by atoms with Crippen LogP contribution in [0.2, 0.25) is 0 Å². The quantitative estimate of drug-likeness (QED) is 0.830. The van der Waals surface area contributed by atoms with Crippen LogP contribution in [0, 0.1) is 11.6 Å². The highest BCUT2D eigenvalue weighted by Gasteiger charge is 2.13. The van der Waals surface area contributed by atoms with E-state index in [-0.39, 0.29) is 18.4 Å². The van der Waals surface area contributed by atoms with Crippen molar-refractivity contribution < 1.29 is 13.5 Å². The van der Waals surface area contributed by atoms with Gasteiger partial charge in [-0.2, -0.15) is 0 Å². The van der Waals surface area contributed by atoms with Gasteiger partial charge in [0.05, 0.1) is 6.04 Å². The maximum absolute atomic E-state index is 13.6. The number of hydrogen-bond acceptors (Lipinski definition) is 2. The van der Waals surface area contributed by atoms with Crippen LogP contribution < -0.4 is 10.1 Å². The molecule has 0 amide bonds. The predicted octanol–water partition coefficient (Wildman–Crippen LogP) is 4.08. The minimum Gasteiger partial charge on any atom is -0.489 e. The normalized spacial score (nSPS) is 12.1. The lowest BCUT2D eigenvalue weighted by molar-refractivity contribution is 0.255. The van der Waals surface area contributed by atoms with Crippen molar-refractivity contribution in [1.82, 2.24) is 5.32 Å². The summed E-state index contributed by atoms with van der Waals surface area (Å²) in [6, 6.07) is 13.1. The average molecular weight is 291 g/mol. The lowest BCUT2D eigenvalue weighted by atomic mass is 10.1. The Morgan fingerprint density at radius 1 is 1.10 bits per heavy atom. The van der Waals surface area contributed by atoms with Crippen molar-refractivity contribution in [3.63, 3.8) is 0 Å². The smallest absolute Gasteiger partial charge is 0.167 e. The number of rotatable bonds is 7. The third-order valence-electron chi connectivity index (χ3n) is 3.14. The van der Waals surface area contributed by atoms with Crippen LogP contribution in [0.1, 0.15) is 24.9 Å². The van der Waals surface area contributed by atoms with Gasteiger partial charge in [-0.3, -0.25) is 0 Å². The standard InChI is InChI=1S/C17H19F2NO/c1-2-10-20-16(13-6-4-3-5-7-13)12-21-17-9-8-14(18)11-15(17)19/h3-9,11,16,20H,2,10,12H2,1H3. The summed E-state index contributed by atoms with van der Waals surface area (Å²) in [5.74, 6) is -1.23. The van der Waals surface area contributed by atoms with Crippen LogP contribution in [0.15, 0.2) is 48.5 Å².